The van der Waals surface area contributed by atoms with E-state index in [0.717, 1.165) is 6.07 Å². The lowest BCUT2D eigenvalue weighted by atomic mass is 10.0. The lowest BCUT2D eigenvalue weighted by Crippen LogP contribution is -2.23. The summed E-state index contributed by atoms with van der Waals surface area (Å²) in [6, 6.07) is 12.8. The lowest BCUT2D eigenvalue weighted by molar-refractivity contribution is -0.274. The number of carboxylic acid groups (broad SMARTS) is 1. The molecule has 0 bridgehead atoms. The fourth-order valence-corrected chi connectivity index (χ4v) is 4.55. The molecule has 0 unspecified atom stereocenters. The molecule has 8 nitrogen and oxygen atoms in total. The molecule has 12 heteroatoms. The Hall–Kier alpha value is -4.74. The first-order valence-corrected chi connectivity index (χ1v) is 12.0. The first-order valence-electron chi connectivity index (χ1n) is 12.0. The van der Waals surface area contributed by atoms with Crippen molar-refractivity contribution < 1.29 is 46.2 Å². The largest absolute Gasteiger partial charge is 0.573 e. The van der Waals surface area contributed by atoms with Crippen LogP contribution in [0.1, 0.15) is 18.2 Å². The monoisotopic (exact) mass is 558 g/mol. The highest BCUT2D eigenvalue weighted by atomic mass is 19.4. The van der Waals surface area contributed by atoms with Crippen LogP contribution >= 0.6 is 0 Å². The molecular formula is C28H22F4N2O6. The SMILES string of the molecule is COc1ccc2c(-c3c(C)n(Cc4cc(O[C@H](C)C(=O)O)ccc4F)c4cc(OC(F)(F)F)ccc34)noc2c1. The Morgan fingerprint density at radius 2 is 1.75 bits per heavy atom. The summed E-state index contributed by atoms with van der Waals surface area (Å²) in [6.45, 7) is 2.95. The van der Waals surface area contributed by atoms with Gasteiger partial charge in [0, 0.05) is 34.3 Å². The van der Waals surface area contributed by atoms with Crippen LogP contribution in [0.2, 0.25) is 0 Å². The molecule has 0 aliphatic heterocycles. The number of halogens is 4. The van der Waals surface area contributed by atoms with E-state index in [-0.39, 0.29) is 17.9 Å². The van der Waals surface area contributed by atoms with Crippen molar-refractivity contribution in [1.29, 1.82) is 0 Å². The normalized spacial score (nSPS) is 12.6. The van der Waals surface area contributed by atoms with Gasteiger partial charge in [0.1, 0.15) is 28.8 Å². The third-order valence-electron chi connectivity index (χ3n) is 6.45. The highest BCUT2D eigenvalue weighted by Gasteiger charge is 2.32. The van der Waals surface area contributed by atoms with Crippen LogP contribution in [0, 0.1) is 12.7 Å². The van der Waals surface area contributed by atoms with Crippen LogP contribution in [0.3, 0.4) is 0 Å². The van der Waals surface area contributed by atoms with Crippen LogP contribution in [-0.4, -0.2) is 40.4 Å². The number of ether oxygens (including phenoxy) is 3. The second kappa shape index (κ2) is 10.1. The molecule has 0 amide bonds. The molecule has 0 saturated carbocycles. The number of hydrogen-bond donors (Lipinski definition) is 1. The minimum absolute atomic E-state index is 0.119. The summed E-state index contributed by atoms with van der Waals surface area (Å²) in [7, 11) is 1.51. The predicted octanol–water partition coefficient (Wildman–Crippen LogP) is 6.70. The van der Waals surface area contributed by atoms with E-state index < -0.39 is 30.0 Å². The van der Waals surface area contributed by atoms with Gasteiger partial charge >= 0.3 is 12.3 Å². The van der Waals surface area contributed by atoms with Crippen LogP contribution < -0.4 is 14.2 Å². The molecule has 208 valence electrons. The van der Waals surface area contributed by atoms with E-state index in [1.807, 2.05) is 0 Å². The van der Waals surface area contributed by atoms with Crippen LogP contribution in [0.5, 0.6) is 17.2 Å². The third kappa shape index (κ3) is 5.12. The molecular weight excluding hydrogens is 536 g/mol. The molecule has 40 heavy (non-hydrogen) atoms. The van der Waals surface area contributed by atoms with Crippen molar-refractivity contribution >= 4 is 27.8 Å². The van der Waals surface area contributed by atoms with Gasteiger partial charge in [-0.3, -0.25) is 0 Å². The van der Waals surface area contributed by atoms with Gasteiger partial charge in [-0.25, -0.2) is 9.18 Å². The zero-order valence-corrected chi connectivity index (χ0v) is 21.4. The minimum atomic E-state index is -4.91. The molecule has 0 fully saturated rings. The molecule has 2 heterocycles. The number of nitrogens with zero attached hydrogens (tertiary/aromatic N) is 2. The molecule has 1 atom stereocenters. The number of carboxylic acids is 1. The lowest BCUT2D eigenvalue weighted by Gasteiger charge is -2.14. The van der Waals surface area contributed by atoms with Crippen molar-refractivity contribution in [3.8, 4) is 28.5 Å². The standard InChI is InChI=1S/C28H22F4N2O6/c1-14-25(26-21-8-4-17(37-3)12-24(21)40-33-26)20-7-5-19(39-28(30,31)32)11-23(20)34(14)13-16-10-18(6-9-22(16)29)38-15(2)27(35)36/h4-12,15H,13H2,1-3H3,(H,35,36)/t15-/m1/s1. The Kier molecular flexibility index (Phi) is 6.78. The van der Waals surface area contributed by atoms with Gasteiger partial charge in [0.05, 0.1) is 24.6 Å². The zero-order valence-electron chi connectivity index (χ0n) is 21.4. The second-order valence-corrected chi connectivity index (χ2v) is 9.02. The summed E-state index contributed by atoms with van der Waals surface area (Å²) in [5.74, 6) is -1.58. The van der Waals surface area contributed by atoms with Gasteiger partial charge < -0.3 is 28.4 Å². The average molecular weight is 558 g/mol. The Balaban J connectivity index is 1.67. The molecule has 5 aromatic rings. The summed E-state index contributed by atoms with van der Waals surface area (Å²) >= 11 is 0. The number of benzene rings is 3. The van der Waals surface area contributed by atoms with Crippen molar-refractivity contribution in [3.63, 3.8) is 0 Å². The van der Waals surface area contributed by atoms with Gasteiger partial charge in [-0.1, -0.05) is 5.16 Å². The van der Waals surface area contributed by atoms with E-state index in [1.165, 1.54) is 44.4 Å². The van der Waals surface area contributed by atoms with Gasteiger partial charge in [0.2, 0.25) is 0 Å². The van der Waals surface area contributed by atoms with Crippen molar-refractivity contribution in [2.75, 3.05) is 7.11 Å². The van der Waals surface area contributed by atoms with E-state index in [0.29, 0.717) is 44.6 Å². The predicted molar refractivity (Wildman–Crippen MR) is 136 cm³/mol. The molecule has 3 aromatic carbocycles. The Morgan fingerprint density at radius 1 is 1.05 bits per heavy atom. The van der Waals surface area contributed by atoms with Crippen molar-refractivity contribution in [2.45, 2.75) is 32.9 Å². The summed E-state index contributed by atoms with van der Waals surface area (Å²) in [5.41, 5.74) is 2.47. The molecule has 5 rings (SSSR count). The second-order valence-electron chi connectivity index (χ2n) is 9.02. The van der Waals surface area contributed by atoms with Crippen LogP contribution in [-0.2, 0) is 11.3 Å². The van der Waals surface area contributed by atoms with Gasteiger partial charge in [-0.2, -0.15) is 0 Å². The van der Waals surface area contributed by atoms with Crippen molar-refractivity contribution in [1.82, 2.24) is 9.72 Å². The molecule has 0 aliphatic carbocycles. The highest BCUT2D eigenvalue weighted by Crippen LogP contribution is 2.40. The smallest absolute Gasteiger partial charge is 0.497 e. The Labute approximate surface area is 224 Å². The molecule has 2 aromatic heterocycles. The van der Waals surface area contributed by atoms with Crippen LogP contribution in [0.25, 0.3) is 33.1 Å². The number of aromatic nitrogens is 2. The van der Waals surface area contributed by atoms with E-state index in [1.54, 1.807) is 29.7 Å². The molecule has 0 radical (unpaired) electrons. The van der Waals surface area contributed by atoms with Gasteiger partial charge in [-0.05, 0) is 56.3 Å². The maximum atomic E-state index is 14.9. The first kappa shape index (κ1) is 26.9. The van der Waals surface area contributed by atoms with Gasteiger partial charge in [0.15, 0.2) is 11.7 Å². The number of alkyl halides is 3. The minimum Gasteiger partial charge on any atom is -0.497 e. The maximum absolute atomic E-state index is 14.9. The van der Waals surface area contributed by atoms with Crippen molar-refractivity contribution in [2.24, 2.45) is 0 Å². The first-order chi connectivity index (χ1) is 18.9. The van der Waals surface area contributed by atoms with Crippen molar-refractivity contribution in [3.05, 3.63) is 71.7 Å². The topological polar surface area (TPSA) is 96.0 Å². The summed E-state index contributed by atoms with van der Waals surface area (Å²) < 4.78 is 75.9. The summed E-state index contributed by atoms with van der Waals surface area (Å²) in [4.78, 5) is 11.2. The zero-order chi connectivity index (χ0) is 28.8. The number of fused-ring (bicyclic) bond motifs is 2. The van der Waals surface area contributed by atoms with E-state index in [2.05, 4.69) is 9.89 Å². The van der Waals surface area contributed by atoms with Gasteiger partial charge in [0.25, 0.3) is 0 Å². The average Bonchev–Trinajstić information content (AvgIpc) is 3.42. The molecule has 0 aliphatic rings. The Morgan fingerprint density at radius 3 is 2.45 bits per heavy atom. The fourth-order valence-electron chi connectivity index (χ4n) is 4.55. The van der Waals surface area contributed by atoms with E-state index >= 15 is 0 Å². The number of aliphatic carboxylic acids is 1. The number of methoxy groups -OCH3 is 1. The number of hydrogen-bond acceptors (Lipinski definition) is 6. The molecule has 1 N–H and O–H groups in total. The van der Waals surface area contributed by atoms with E-state index in [9.17, 15) is 22.4 Å². The third-order valence-corrected chi connectivity index (χ3v) is 6.45. The number of rotatable bonds is 8. The quantitative estimate of drug-likeness (QED) is 0.212. The summed E-state index contributed by atoms with van der Waals surface area (Å²) in [6.07, 6.45) is -6.09. The van der Waals surface area contributed by atoms with E-state index in [4.69, 9.17) is 19.1 Å². The van der Waals surface area contributed by atoms with Crippen LogP contribution in [0.4, 0.5) is 17.6 Å². The Bertz CT molecular complexity index is 1740. The fraction of sp³-hybridized carbons (Fsp3) is 0.214. The molecule has 0 saturated heterocycles. The number of carbonyl (C=O) groups is 1. The van der Waals surface area contributed by atoms with Crippen LogP contribution in [0.15, 0.2) is 59.1 Å². The highest BCUT2D eigenvalue weighted by molar-refractivity contribution is 6.04. The maximum Gasteiger partial charge on any atom is 0.573 e. The van der Waals surface area contributed by atoms with Gasteiger partial charge in [-0.15, -0.1) is 13.2 Å². The summed E-state index contributed by atoms with van der Waals surface area (Å²) in [5, 5.41) is 14.6. The molecule has 0 spiro atoms.